The van der Waals surface area contributed by atoms with E-state index in [1.54, 1.807) is 12.1 Å². The number of ether oxygens (including phenoxy) is 3. The van der Waals surface area contributed by atoms with Gasteiger partial charge in [0, 0.05) is 37.1 Å². The molecule has 0 saturated carbocycles. The van der Waals surface area contributed by atoms with Crippen LogP contribution in [0.3, 0.4) is 0 Å². The number of benzene rings is 3. The van der Waals surface area contributed by atoms with Crippen LogP contribution in [0, 0.1) is 0 Å². The summed E-state index contributed by atoms with van der Waals surface area (Å²) in [7, 11) is 3.09. The van der Waals surface area contributed by atoms with Crippen LogP contribution in [0.5, 0.6) is 11.5 Å². The third-order valence-electron chi connectivity index (χ3n) is 4.98. The summed E-state index contributed by atoms with van der Waals surface area (Å²) in [4.78, 5) is 36.2. The predicted molar refractivity (Wildman–Crippen MR) is 112 cm³/mol. The summed E-state index contributed by atoms with van der Waals surface area (Å²) in [6, 6.07) is 12.7. The summed E-state index contributed by atoms with van der Waals surface area (Å²) in [5, 5.41) is 2.84. The van der Waals surface area contributed by atoms with Gasteiger partial charge in [0.1, 0.15) is 11.3 Å². The first-order chi connectivity index (χ1) is 14.3. The number of methoxy groups -OCH3 is 1. The number of rotatable bonds is 3. The lowest BCUT2D eigenvalue weighted by Gasteiger charge is -2.10. The zero-order valence-electron chi connectivity index (χ0n) is 16.9. The summed E-state index contributed by atoms with van der Waals surface area (Å²) in [6.45, 7) is 2.61. The number of aromatic nitrogens is 1. The van der Waals surface area contributed by atoms with Gasteiger partial charge in [-0.1, -0.05) is 24.3 Å². The maximum Gasteiger partial charge on any atom is 0.342 e. The Balaban J connectivity index is 2.25. The van der Waals surface area contributed by atoms with Crippen LogP contribution in [-0.4, -0.2) is 29.6 Å². The Morgan fingerprint density at radius 1 is 0.900 bits per heavy atom. The fourth-order valence-corrected chi connectivity index (χ4v) is 3.86. The quantitative estimate of drug-likeness (QED) is 0.377. The van der Waals surface area contributed by atoms with Gasteiger partial charge in [0.05, 0.1) is 18.1 Å². The van der Waals surface area contributed by atoms with Crippen molar-refractivity contribution in [2.24, 2.45) is 7.05 Å². The molecule has 0 atom stereocenters. The van der Waals surface area contributed by atoms with Crippen LogP contribution in [0.1, 0.15) is 24.2 Å². The van der Waals surface area contributed by atoms with Gasteiger partial charge in [-0.15, -0.1) is 0 Å². The van der Waals surface area contributed by atoms with Crippen LogP contribution < -0.4 is 9.47 Å². The van der Waals surface area contributed by atoms with E-state index in [-0.39, 0.29) is 11.3 Å². The molecule has 0 N–H and O–H groups in total. The molecule has 152 valence electrons. The van der Waals surface area contributed by atoms with Gasteiger partial charge in [-0.2, -0.15) is 0 Å². The molecule has 0 amide bonds. The molecular weight excluding hydrogens is 386 g/mol. The Morgan fingerprint density at radius 2 is 1.60 bits per heavy atom. The SMILES string of the molecule is COC(=O)c1c(OC(C)=O)ccc2c1c1cc3ccccc3c(OC(C)=O)c1n2C. The van der Waals surface area contributed by atoms with E-state index in [2.05, 4.69) is 0 Å². The number of hydrogen-bond acceptors (Lipinski definition) is 6. The first-order valence-electron chi connectivity index (χ1n) is 9.25. The Hall–Kier alpha value is -3.87. The minimum Gasteiger partial charge on any atom is -0.465 e. The van der Waals surface area contributed by atoms with Gasteiger partial charge in [-0.25, -0.2) is 4.79 Å². The molecule has 0 aliphatic carbocycles. The Labute approximate surface area is 171 Å². The zero-order valence-corrected chi connectivity index (χ0v) is 16.9. The highest BCUT2D eigenvalue weighted by Crippen LogP contribution is 2.43. The number of carbonyl (C=O) groups excluding carboxylic acids is 3. The molecule has 0 spiro atoms. The fraction of sp³-hybridized carbons (Fsp3) is 0.174. The van der Waals surface area contributed by atoms with E-state index in [1.165, 1.54) is 21.0 Å². The van der Waals surface area contributed by atoms with Crippen molar-refractivity contribution in [3.8, 4) is 11.5 Å². The van der Waals surface area contributed by atoms with Gasteiger partial charge in [0.2, 0.25) is 0 Å². The average Bonchev–Trinajstić information content (AvgIpc) is 2.98. The van der Waals surface area contributed by atoms with Crippen molar-refractivity contribution in [2.75, 3.05) is 7.11 Å². The lowest BCUT2D eigenvalue weighted by atomic mass is 10.0. The molecule has 0 radical (unpaired) electrons. The molecule has 0 bridgehead atoms. The van der Waals surface area contributed by atoms with Crippen LogP contribution in [0.2, 0.25) is 0 Å². The summed E-state index contributed by atoms with van der Waals surface area (Å²) in [5.74, 6) is -1.13. The highest BCUT2D eigenvalue weighted by atomic mass is 16.5. The molecule has 30 heavy (non-hydrogen) atoms. The Kier molecular flexibility index (Phi) is 4.66. The third-order valence-corrected chi connectivity index (χ3v) is 4.98. The van der Waals surface area contributed by atoms with Crippen LogP contribution in [0.4, 0.5) is 0 Å². The molecule has 4 aromatic rings. The summed E-state index contributed by atoms with van der Waals surface area (Å²) < 4.78 is 17.7. The second-order valence-electron chi connectivity index (χ2n) is 6.89. The van der Waals surface area contributed by atoms with E-state index in [4.69, 9.17) is 14.2 Å². The van der Waals surface area contributed by atoms with E-state index in [9.17, 15) is 14.4 Å². The normalized spacial score (nSPS) is 11.1. The van der Waals surface area contributed by atoms with Crippen LogP contribution in [0.25, 0.3) is 32.6 Å². The lowest BCUT2D eigenvalue weighted by molar-refractivity contribution is -0.132. The monoisotopic (exact) mass is 405 g/mol. The Bertz CT molecular complexity index is 1370. The minimum absolute atomic E-state index is 0.108. The van der Waals surface area contributed by atoms with Crippen LogP contribution >= 0.6 is 0 Å². The van der Waals surface area contributed by atoms with Gasteiger partial charge in [0.25, 0.3) is 0 Å². The average molecular weight is 405 g/mol. The largest absolute Gasteiger partial charge is 0.465 e. The molecule has 0 aliphatic heterocycles. The number of aryl methyl sites for hydroxylation is 1. The lowest BCUT2D eigenvalue weighted by Crippen LogP contribution is -2.09. The van der Waals surface area contributed by atoms with Crippen molar-refractivity contribution in [3.05, 3.63) is 48.0 Å². The van der Waals surface area contributed by atoms with Crippen molar-refractivity contribution in [2.45, 2.75) is 13.8 Å². The first kappa shape index (κ1) is 19.4. The highest BCUT2D eigenvalue weighted by molar-refractivity contribution is 6.22. The summed E-state index contributed by atoms with van der Waals surface area (Å²) in [5.41, 5.74) is 1.48. The van der Waals surface area contributed by atoms with Crippen molar-refractivity contribution in [1.82, 2.24) is 4.57 Å². The summed E-state index contributed by atoms with van der Waals surface area (Å²) in [6.07, 6.45) is 0. The van der Waals surface area contributed by atoms with Gasteiger partial charge in [0.15, 0.2) is 5.75 Å². The van der Waals surface area contributed by atoms with E-state index in [0.717, 1.165) is 10.8 Å². The van der Waals surface area contributed by atoms with E-state index in [0.29, 0.717) is 27.6 Å². The number of esters is 3. The number of fused-ring (bicyclic) bond motifs is 4. The topological polar surface area (TPSA) is 83.8 Å². The van der Waals surface area contributed by atoms with Gasteiger partial charge in [-0.05, 0) is 23.6 Å². The Morgan fingerprint density at radius 3 is 2.27 bits per heavy atom. The van der Waals surface area contributed by atoms with Crippen LogP contribution in [-0.2, 0) is 21.4 Å². The smallest absolute Gasteiger partial charge is 0.342 e. The molecule has 7 heteroatoms. The molecule has 1 aromatic heterocycles. The van der Waals surface area contributed by atoms with E-state index < -0.39 is 17.9 Å². The maximum absolute atomic E-state index is 12.7. The highest BCUT2D eigenvalue weighted by Gasteiger charge is 2.25. The molecule has 0 fully saturated rings. The second kappa shape index (κ2) is 7.18. The van der Waals surface area contributed by atoms with Gasteiger partial charge in [-0.3, -0.25) is 9.59 Å². The molecule has 4 rings (SSSR count). The van der Waals surface area contributed by atoms with Crippen LogP contribution in [0.15, 0.2) is 42.5 Å². The van der Waals surface area contributed by atoms with E-state index in [1.807, 2.05) is 41.9 Å². The second-order valence-corrected chi connectivity index (χ2v) is 6.89. The van der Waals surface area contributed by atoms with Gasteiger partial charge < -0.3 is 18.8 Å². The first-order valence-corrected chi connectivity index (χ1v) is 9.25. The van der Waals surface area contributed by atoms with Crippen molar-refractivity contribution < 1.29 is 28.6 Å². The van der Waals surface area contributed by atoms with Crippen molar-refractivity contribution >= 4 is 50.5 Å². The van der Waals surface area contributed by atoms with Crippen molar-refractivity contribution in [3.63, 3.8) is 0 Å². The van der Waals surface area contributed by atoms with Crippen molar-refractivity contribution in [1.29, 1.82) is 0 Å². The summed E-state index contributed by atoms with van der Waals surface area (Å²) >= 11 is 0. The predicted octanol–water partition coefficient (Wildman–Crippen LogP) is 4.12. The molecule has 0 unspecified atom stereocenters. The number of hydrogen-bond donors (Lipinski definition) is 0. The molecule has 0 saturated heterocycles. The standard InChI is InChI=1S/C23H19NO6/c1-12(25)29-18-10-9-17-19(20(18)23(27)28-4)16-11-14-7-5-6-8-15(14)22(30-13(2)26)21(16)24(17)3/h5-11H,1-4H3. The molecule has 3 aromatic carbocycles. The number of carbonyl (C=O) groups is 3. The fourth-order valence-electron chi connectivity index (χ4n) is 3.86. The molecule has 7 nitrogen and oxygen atoms in total. The zero-order chi connectivity index (χ0) is 21.6. The van der Waals surface area contributed by atoms with Gasteiger partial charge >= 0.3 is 17.9 Å². The molecule has 1 heterocycles. The maximum atomic E-state index is 12.7. The minimum atomic E-state index is -0.633. The molecular formula is C23H19NO6. The third kappa shape index (κ3) is 2.95. The molecule has 0 aliphatic rings. The number of nitrogens with zero attached hydrogens (tertiary/aromatic N) is 1. The van der Waals surface area contributed by atoms with E-state index >= 15 is 0 Å².